The number of ether oxygens (including phenoxy) is 4. The van der Waals surface area contributed by atoms with E-state index in [4.69, 9.17) is 24.1 Å². The SMILES string of the molecule is Cc1ccc(C(C)C(C)c2ccc(OC(C)OCCOCCOCCO)cc2)cc1. The minimum atomic E-state index is -0.353. The molecule has 166 valence electrons. The highest BCUT2D eigenvalue weighted by Gasteiger charge is 2.16. The van der Waals surface area contributed by atoms with Crippen LogP contribution in [0.3, 0.4) is 0 Å². The van der Waals surface area contributed by atoms with Gasteiger partial charge in [0, 0.05) is 0 Å². The molecule has 0 bridgehead atoms. The predicted octanol–water partition coefficient (Wildman–Crippen LogP) is 4.67. The fraction of sp³-hybridized carbons (Fsp3) is 0.520. The Balaban J connectivity index is 1.72. The van der Waals surface area contributed by atoms with E-state index >= 15 is 0 Å². The third kappa shape index (κ3) is 8.44. The van der Waals surface area contributed by atoms with E-state index in [1.807, 2.05) is 19.1 Å². The fourth-order valence-corrected chi connectivity index (χ4v) is 3.18. The maximum absolute atomic E-state index is 8.61. The Labute approximate surface area is 180 Å². The predicted molar refractivity (Wildman–Crippen MR) is 119 cm³/mol. The molecule has 3 unspecified atom stereocenters. The number of aliphatic hydroxyl groups excluding tert-OH is 1. The molecule has 0 saturated carbocycles. The van der Waals surface area contributed by atoms with E-state index in [2.05, 4.69) is 57.2 Å². The molecule has 0 aliphatic heterocycles. The number of hydrogen-bond donors (Lipinski definition) is 1. The molecular weight excluding hydrogens is 380 g/mol. The Morgan fingerprint density at radius 2 is 1.20 bits per heavy atom. The number of aliphatic hydroxyl groups is 1. The zero-order valence-corrected chi connectivity index (χ0v) is 18.7. The normalized spacial score (nSPS) is 14.3. The second kappa shape index (κ2) is 13.4. The minimum Gasteiger partial charge on any atom is -0.465 e. The van der Waals surface area contributed by atoms with Crippen molar-refractivity contribution in [2.75, 3.05) is 39.6 Å². The van der Waals surface area contributed by atoms with Gasteiger partial charge in [0.15, 0.2) is 6.29 Å². The highest BCUT2D eigenvalue weighted by Crippen LogP contribution is 2.33. The van der Waals surface area contributed by atoms with Gasteiger partial charge in [0.1, 0.15) is 5.75 Å². The maximum atomic E-state index is 8.61. The molecule has 5 nitrogen and oxygen atoms in total. The number of aryl methyl sites for hydroxylation is 1. The molecule has 0 saturated heterocycles. The summed E-state index contributed by atoms with van der Waals surface area (Å²) in [6.07, 6.45) is -0.353. The van der Waals surface area contributed by atoms with E-state index in [-0.39, 0.29) is 12.9 Å². The van der Waals surface area contributed by atoms with Gasteiger partial charge in [-0.25, -0.2) is 0 Å². The third-order valence-corrected chi connectivity index (χ3v) is 5.25. The van der Waals surface area contributed by atoms with Gasteiger partial charge in [-0.15, -0.1) is 0 Å². The van der Waals surface area contributed by atoms with Crippen molar-refractivity contribution < 1.29 is 24.1 Å². The highest BCUT2D eigenvalue weighted by molar-refractivity contribution is 5.33. The van der Waals surface area contributed by atoms with E-state index in [1.165, 1.54) is 16.7 Å². The summed E-state index contributed by atoms with van der Waals surface area (Å²) in [6.45, 7) is 10.8. The molecule has 0 heterocycles. The first kappa shape index (κ1) is 24.4. The average molecular weight is 417 g/mol. The van der Waals surface area contributed by atoms with E-state index < -0.39 is 0 Å². The summed E-state index contributed by atoms with van der Waals surface area (Å²) in [5.41, 5.74) is 3.94. The van der Waals surface area contributed by atoms with E-state index in [1.54, 1.807) is 0 Å². The first-order chi connectivity index (χ1) is 14.5. The standard InChI is InChI=1S/C25H36O5/c1-19-5-7-23(8-6-19)20(2)21(3)24-9-11-25(12-10-24)30-22(4)29-18-17-28-16-15-27-14-13-26/h5-12,20-22,26H,13-18H2,1-4H3. The Bertz CT molecular complexity index is 698. The smallest absolute Gasteiger partial charge is 0.197 e. The van der Waals surface area contributed by atoms with Crippen LogP contribution in [0.1, 0.15) is 49.3 Å². The number of hydrogen-bond acceptors (Lipinski definition) is 5. The summed E-state index contributed by atoms with van der Waals surface area (Å²) < 4.78 is 22.0. The van der Waals surface area contributed by atoms with Gasteiger partial charge in [-0.2, -0.15) is 0 Å². The quantitative estimate of drug-likeness (QED) is 0.358. The van der Waals surface area contributed by atoms with Crippen LogP contribution in [0.25, 0.3) is 0 Å². The van der Waals surface area contributed by atoms with Crippen LogP contribution in [-0.4, -0.2) is 51.0 Å². The van der Waals surface area contributed by atoms with Crippen molar-refractivity contribution in [3.05, 3.63) is 65.2 Å². The molecular formula is C25H36O5. The third-order valence-electron chi connectivity index (χ3n) is 5.25. The van der Waals surface area contributed by atoms with Crippen LogP contribution >= 0.6 is 0 Å². The lowest BCUT2D eigenvalue weighted by molar-refractivity contribution is -0.0863. The fourth-order valence-electron chi connectivity index (χ4n) is 3.18. The number of benzene rings is 2. The molecule has 0 amide bonds. The second-order valence-corrected chi connectivity index (χ2v) is 7.56. The van der Waals surface area contributed by atoms with Crippen molar-refractivity contribution in [1.29, 1.82) is 0 Å². The lowest BCUT2D eigenvalue weighted by Gasteiger charge is -2.22. The molecule has 0 spiro atoms. The van der Waals surface area contributed by atoms with Crippen molar-refractivity contribution in [3.8, 4) is 5.75 Å². The Morgan fingerprint density at radius 1 is 0.700 bits per heavy atom. The van der Waals surface area contributed by atoms with Crippen LogP contribution in [0.5, 0.6) is 5.75 Å². The van der Waals surface area contributed by atoms with Gasteiger partial charge in [0.2, 0.25) is 0 Å². The second-order valence-electron chi connectivity index (χ2n) is 7.56. The molecule has 2 aromatic rings. The van der Waals surface area contributed by atoms with Gasteiger partial charge < -0.3 is 24.1 Å². The Hall–Kier alpha value is -1.92. The van der Waals surface area contributed by atoms with Crippen LogP contribution in [0.4, 0.5) is 0 Å². The highest BCUT2D eigenvalue weighted by atomic mass is 16.7. The van der Waals surface area contributed by atoms with Gasteiger partial charge >= 0.3 is 0 Å². The monoisotopic (exact) mass is 416 g/mol. The van der Waals surface area contributed by atoms with Gasteiger partial charge in [-0.3, -0.25) is 0 Å². The van der Waals surface area contributed by atoms with Gasteiger partial charge in [-0.1, -0.05) is 55.8 Å². The van der Waals surface area contributed by atoms with Crippen molar-refractivity contribution >= 4 is 0 Å². The average Bonchev–Trinajstić information content (AvgIpc) is 2.75. The lowest BCUT2D eigenvalue weighted by atomic mass is 9.84. The summed E-state index contributed by atoms with van der Waals surface area (Å²) in [6, 6.07) is 17.1. The molecule has 0 fully saturated rings. The van der Waals surface area contributed by atoms with Gasteiger partial charge in [0.25, 0.3) is 0 Å². The molecule has 5 heteroatoms. The van der Waals surface area contributed by atoms with Crippen LogP contribution in [-0.2, 0) is 14.2 Å². The first-order valence-electron chi connectivity index (χ1n) is 10.7. The zero-order valence-electron chi connectivity index (χ0n) is 18.7. The molecule has 2 aromatic carbocycles. The first-order valence-corrected chi connectivity index (χ1v) is 10.7. The summed E-state index contributed by atoms with van der Waals surface area (Å²) in [7, 11) is 0. The molecule has 0 aliphatic rings. The van der Waals surface area contributed by atoms with E-state index in [0.29, 0.717) is 44.9 Å². The van der Waals surface area contributed by atoms with Crippen molar-refractivity contribution in [2.24, 2.45) is 0 Å². The van der Waals surface area contributed by atoms with Crippen LogP contribution in [0, 0.1) is 6.92 Å². The zero-order chi connectivity index (χ0) is 21.8. The molecule has 0 aliphatic carbocycles. The van der Waals surface area contributed by atoms with E-state index in [0.717, 1.165) is 5.75 Å². The molecule has 0 radical (unpaired) electrons. The summed E-state index contributed by atoms with van der Waals surface area (Å²) >= 11 is 0. The summed E-state index contributed by atoms with van der Waals surface area (Å²) in [4.78, 5) is 0. The summed E-state index contributed by atoms with van der Waals surface area (Å²) in [5.74, 6) is 1.64. The van der Waals surface area contributed by atoms with Gasteiger partial charge in [-0.05, 0) is 48.9 Å². The molecule has 2 rings (SSSR count). The largest absolute Gasteiger partial charge is 0.465 e. The molecule has 3 atom stereocenters. The van der Waals surface area contributed by atoms with Crippen LogP contribution in [0.15, 0.2) is 48.5 Å². The molecule has 1 N–H and O–H groups in total. The van der Waals surface area contributed by atoms with Crippen molar-refractivity contribution in [1.82, 2.24) is 0 Å². The lowest BCUT2D eigenvalue weighted by Crippen LogP contribution is -2.19. The molecule has 30 heavy (non-hydrogen) atoms. The number of rotatable bonds is 14. The Morgan fingerprint density at radius 3 is 1.77 bits per heavy atom. The topological polar surface area (TPSA) is 57.2 Å². The molecule has 0 aromatic heterocycles. The van der Waals surface area contributed by atoms with Crippen LogP contribution < -0.4 is 4.74 Å². The van der Waals surface area contributed by atoms with Gasteiger partial charge in [0.05, 0.1) is 39.6 Å². The minimum absolute atomic E-state index is 0.0314. The van der Waals surface area contributed by atoms with E-state index in [9.17, 15) is 0 Å². The summed E-state index contributed by atoms with van der Waals surface area (Å²) in [5, 5.41) is 8.61. The Kier molecular flexibility index (Phi) is 10.9. The maximum Gasteiger partial charge on any atom is 0.197 e. The van der Waals surface area contributed by atoms with Crippen molar-refractivity contribution in [3.63, 3.8) is 0 Å². The van der Waals surface area contributed by atoms with Crippen LogP contribution in [0.2, 0.25) is 0 Å². The van der Waals surface area contributed by atoms with Crippen molar-refractivity contribution in [2.45, 2.75) is 45.8 Å².